The van der Waals surface area contributed by atoms with Crippen LogP contribution in [0.2, 0.25) is 5.02 Å². The van der Waals surface area contributed by atoms with Gasteiger partial charge in [-0.25, -0.2) is 9.59 Å². The van der Waals surface area contributed by atoms with E-state index in [0.717, 1.165) is 0 Å². The zero-order valence-corrected chi connectivity index (χ0v) is 26.5. The Morgan fingerprint density at radius 3 is 2.19 bits per heavy atom. The van der Waals surface area contributed by atoms with E-state index in [2.05, 4.69) is 5.32 Å². The number of aliphatic carboxylic acids is 2. The van der Waals surface area contributed by atoms with E-state index in [1.54, 1.807) is 24.8 Å². The van der Waals surface area contributed by atoms with Crippen molar-refractivity contribution in [1.29, 1.82) is 0 Å². The van der Waals surface area contributed by atoms with Crippen LogP contribution in [0.4, 0.5) is 5.69 Å². The van der Waals surface area contributed by atoms with Crippen molar-refractivity contribution in [2.45, 2.75) is 77.7 Å². The Morgan fingerprint density at radius 1 is 1.14 bits per heavy atom. The molecular weight excluding hydrogens is 580 g/mol. The number of nitrogens with one attached hydrogen (secondary N) is 1. The van der Waals surface area contributed by atoms with Gasteiger partial charge in [-0.05, 0) is 58.6 Å². The number of carboxylic acids is 2. The highest BCUT2D eigenvalue weighted by Crippen LogP contribution is 2.31. The lowest BCUT2D eigenvalue weighted by Crippen LogP contribution is -2.64. The fraction of sp³-hybridized carbons (Fsp3) is 0.600. The van der Waals surface area contributed by atoms with Gasteiger partial charge in [-0.3, -0.25) is 14.5 Å². The van der Waals surface area contributed by atoms with Crippen LogP contribution in [0.15, 0.2) is 36.4 Å². The number of piperazine rings is 1. The summed E-state index contributed by atoms with van der Waals surface area (Å²) < 4.78 is 0. The van der Waals surface area contributed by atoms with Gasteiger partial charge in [0.25, 0.3) is 0 Å². The highest BCUT2D eigenvalue weighted by atomic mass is 35.5. The van der Waals surface area contributed by atoms with Crippen molar-refractivity contribution in [3.63, 3.8) is 0 Å². The second-order valence-corrected chi connectivity index (χ2v) is 12.7. The topological polar surface area (TPSA) is 194 Å². The molecule has 1 aromatic carbocycles. The SMILES string of the molecule is CC(C)[C@H](C[C@H](O)[C@@H](N)CN1CC(=O)N(c2ccccc2Cl)CC1(C)C)C(=O)NCCC(C)(C)O.O=C(O)/C=C/C(=O)O. The molecule has 7 N–H and O–H groups in total. The van der Waals surface area contributed by atoms with E-state index < -0.39 is 41.1 Å². The number of carbonyl (C=O) groups excluding carboxylic acids is 2. The zero-order chi connectivity index (χ0) is 33.1. The van der Waals surface area contributed by atoms with Gasteiger partial charge in [-0.15, -0.1) is 0 Å². The first-order valence-corrected chi connectivity index (χ1v) is 14.5. The maximum Gasteiger partial charge on any atom is 0.328 e. The molecule has 1 heterocycles. The van der Waals surface area contributed by atoms with Crippen molar-refractivity contribution in [3.8, 4) is 0 Å². The van der Waals surface area contributed by atoms with Crippen LogP contribution in [-0.4, -0.2) is 98.5 Å². The number of amides is 2. The Labute approximate surface area is 258 Å². The van der Waals surface area contributed by atoms with Gasteiger partial charge in [0, 0.05) is 49.3 Å². The van der Waals surface area contributed by atoms with Gasteiger partial charge in [-0.1, -0.05) is 37.6 Å². The molecule has 1 aliphatic rings. The van der Waals surface area contributed by atoms with E-state index in [1.165, 1.54) is 0 Å². The van der Waals surface area contributed by atoms with Crippen molar-refractivity contribution < 1.29 is 39.6 Å². The summed E-state index contributed by atoms with van der Waals surface area (Å²) in [6, 6.07) is 6.66. The molecule has 0 saturated carbocycles. The van der Waals surface area contributed by atoms with Gasteiger partial charge in [-0.2, -0.15) is 0 Å². The van der Waals surface area contributed by atoms with E-state index in [9.17, 15) is 29.4 Å². The van der Waals surface area contributed by atoms with Crippen LogP contribution in [0, 0.1) is 11.8 Å². The third-order valence-electron chi connectivity index (χ3n) is 7.14. The molecule has 43 heavy (non-hydrogen) atoms. The summed E-state index contributed by atoms with van der Waals surface area (Å²) in [7, 11) is 0. The molecule has 13 heteroatoms. The van der Waals surface area contributed by atoms with Crippen molar-refractivity contribution in [2.24, 2.45) is 17.6 Å². The Hall–Kier alpha value is -3.03. The lowest BCUT2D eigenvalue weighted by Gasteiger charge is -2.47. The number of hydrogen-bond acceptors (Lipinski definition) is 8. The number of halogens is 1. The van der Waals surface area contributed by atoms with Crippen molar-refractivity contribution in [2.75, 3.05) is 31.1 Å². The lowest BCUT2D eigenvalue weighted by molar-refractivity contribution is -0.134. The monoisotopic (exact) mass is 626 g/mol. The van der Waals surface area contributed by atoms with Gasteiger partial charge >= 0.3 is 11.9 Å². The molecular formula is C30H47ClN4O8. The third-order valence-corrected chi connectivity index (χ3v) is 7.46. The van der Waals surface area contributed by atoms with Crippen molar-refractivity contribution in [1.82, 2.24) is 10.2 Å². The van der Waals surface area contributed by atoms with Gasteiger partial charge < -0.3 is 36.4 Å². The Morgan fingerprint density at radius 2 is 1.70 bits per heavy atom. The summed E-state index contributed by atoms with van der Waals surface area (Å²) in [5.74, 6) is -3.15. The van der Waals surface area contributed by atoms with Gasteiger partial charge in [0.1, 0.15) is 0 Å². The van der Waals surface area contributed by atoms with E-state index in [0.29, 0.717) is 48.9 Å². The van der Waals surface area contributed by atoms with E-state index in [1.807, 2.05) is 50.8 Å². The molecule has 1 fully saturated rings. The number of rotatable bonds is 13. The van der Waals surface area contributed by atoms with Crippen LogP contribution in [0.1, 0.15) is 54.4 Å². The molecule has 0 bridgehead atoms. The average Bonchev–Trinajstić information content (AvgIpc) is 2.87. The number of hydrogen-bond donors (Lipinski definition) is 6. The first-order chi connectivity index (χ1) is 19.7. The predicted octanol–water partition coefficient (Wildman–Crippen LogP) is 2.11. The second-order valence-electron chi connectivity index (χ2n) is 12.3. The predicted molar refractivity (Wildman–Crippen MR) is 165 cm³/mol. The molecule has 1 aromatic rings. The first kappa shape index (κ1) is 38.0. The lowest BCUT2D eigenvalue weighted by atomic mass is 9.86. The Kier molecular flexibility index (Phi) is 14.8. The number of para-hydroxylation sites is 1. The molecule has 1 aliphatic heterocycles. The van der Waals surface area contributed by atoms with Crippen LogP contribution < -0.4 is 16.0 Å². The van der Waals surface area contributed by atoms with Crippen LogP contribution in [-0.2, 0) is 19.2 Å². The maximum atomic E-state index is 13.0. The molecule has 2 rings (SSSR count). The van der Waals surface area contributed by atoms with E-state index in [-0.39, 0.29) is 30.7 Å². The van der Waals surface area contributed by atoms with Gasteiger partial charge in [0.15, 0.2) is 0 Å². The van der Waals surface area contributed by atoms with Crippen molar-refractivity contribution in [3.05, 3.63) is 41.4 Å². The highest BCUT2D eigenvalue weighted by molar-refractivity contribution is 6.33. The number of carbonyl (C=O) groups is 4. The molecule has 0 radical (unpaired) electrons. The molecule has 12 nitrogen and oxygen atoms in total. The van der Waals surface area contributed by atoms with Crippen LogP contribution >= 0.6 is 11.6 Å². The molecule has 1 saturated heterocycles. The van der Waals surface area contributed by atoms with Crippen LogP contribution in [0.25, 0.3) is 0 Å². The smallest absolute Gasteiger partial charge is 0.328 e. The number of carboxylic acid groups (broad SMARTS) is 2. The summed E-state index contributed by atoms with van der Waals surface area (Å²) in [6.07, 6.45) is 0.871. The van der Waals surface area contributed by atoms with Crippen LogP contribution in [0.3, 0.4) is 0 Å². The van der Waals surface area contributed by atoms with E-state index in [4.69, 9.17) is 27.5 Å². The Balaban J connectivity index is 0.00000101. The number of benzene rings is 1. The second kappa shape index (κ2) is 16.7. The molecule has 0 spiro atoms. The van der Waals surface area contributed by atoms with Crippen molar-refractivity contribution >= 4 is 41.0 Å². The molecule has 242 valence electrons. The Bertz CT molecular complexity index is 1120. The fourth-order valence-corrected chi connectivity index (χ4v) is 4.74. The summed E-state index contributed by atoms with van der Waals surface area (Å²) in [5, 5.41) is 39.8. The molecule has 0 aliphatic carbocycles. The fourth-order valence-electron chi connectivity index (χ4n) is 4.50. The molecule has 0 aromatic heterocycles. The minimum Gasteiger partial charge on any atom is -0.478 e. The maximum absolute atomic E-state index is 13.0. The number of anilines is 1. The zero-order valence-electron chi connectivity index (χ0n) is 25.8. The highest BCUT2D eigenvalue weighted by Gasteiger charge is 2.40. The summed E-state index contributed by atoms with van der Waals surface area (Å²) in [5.41, 5.74) is 5.82. The summed E-state index contributed by atoms with van der Waals surface area (Å²) in [6.45, 7) is 12.6. The quantitative estimate of drug-likeness (QED) is 0.177. The third kappa shape index (κ3) is 13.4. The molecule has 2 amide bonds. The molecule has 3 atom stereocenters. The van der Waals surface area contributed by atoms with Gasteiger partial charge in [0.2, 0.25) is 11.8 Å². The normalized spacial score (nSPS) is 17.7. The average molecular weight is 627 g/mol. The minimum absolute atomic E-state index is 0.0103. The number of nitrogens with two attached hydrogens (primary N) is 1. The standard InChI is InChI=1S/C26H43ClN4O4.C4H4O4/c1-17(2)18(24(34)29-12-11-26(5,6)35)13-22(32)20(28)14-30-15-23(33)31(16-25(30,3)4)21-10-8-7-9-19(21)27;5-3(6)1-2-4(7)8/h7-10,17-18,20,22,32,35H,11-16,28H2,1-6H3,(H,29,34);1-2H,(H,5,6)(H,7,8)/b;2-1+/t18-,20-,22-;/m0./s1. The van der Waals surface area contributed by atoms with Gasteiger partial charge in [0.05, 0.1) is 29.0 Å². The summed E-state index contributed by atoms with van der Waals surface area (Å²) >= 11 is 6.33. The van der Waals surface area contributed by atoms with E-state index >= 15 is 0 Å². The van der Waals surface area contributed by atoms with Crippen LogP contribution in [0.5, 0.6) is 0 Å². The molecule has 0 unspecified atom stereocenters. The number of nitrogens with zero attached hydrogens (tertiary/aromatic N) is 2. The minimum atomic E-state index is -1.26. The number of aliphatic hydroxyl groups is 2. The summed E-state index contributed by atoms with van der Waals surface area (Å²) in [4.78, 5) is 48.5. The number of aliphatic hydroxyl groups excluding tert-OH is 1. The first-order valence-electron chi connectivity index (χ1n) is 14.1. The largest absolute Gasteiger partial charge is 0.478 e.